The lowest BCUT2D eigenvalue weighted by atomic mass is 10.1. The molecule has 1 heterocycles. The van der Waals surface area contributed by atoms with Crippen molar-refractivity contribution in [3.8, 4) is 5.75 Å². The molecule has 0 saturated carbocycles. The van der Waals surface area contributed by atoms with E-state index in [1.165, 1.54) is 6.08 Å². The van der Waals surface area contributed by atoms with Crippen LogP contribution in [0.4, 0.5) is 5.69 Å². The number of allylic oxidation sites excluding steroid dienone is 1. The second-order valence-corrected chi connectivity index (χ2v) is 5.47. The summed E-state index contributed by atoms with van der Waals surface area (Å²) >= 11 is 0. The topological polar surface area (TPSA) is 51.1 Å². The summed E-state index contributed by atoms with van der Waals surface area (Å²) in [6.07, 6.45) is 3.39. The summed E-state index contributed by atoms with van der Waals surface area (Å²) in [6.45, 7) is 6.98. The first kappa shape index (κ1) is 17.1. The molecule has 124 valence electrons. The predicted molar refractivity (Wildman–Crippen MR) is 92.1 cm³/mol. The fourth-order valence-corrected chi connectivity index (χ4v) is 2.68. The second-order valence-electron chi connectivity index (χ2n) is 5.47. The SMILES string of the molecule is CCOC(=O)C=C(C)/N=C1\CCCN1c1ccc(OC)cc1C. The fourth-order valence-electron chi connectivity index (χ4n) is 2.68. The average Bonchev–Trinajstić information content (AvgIpc) is 2.94. The number of aliphatic imine (C=N–C) groups is 1. The molecule has 0 aromatic heterocycles. The molecular formula is C18H24N2O3. The number of esters is 1. The number of anilines is 1. The molecule has 1 aromatic rings. The third-order valence-electron chi connectivity index (χ3n) is 3.71. The number of rotatable bonds is 5. The van der Waals surface area contributed by atoms with Crippen LogP contribution in [0.2, 0.25) is 0 Å². The van der Waals surface area contributed by atoms with E-state index in [0.717, 1.165) is 42.2 Å². The molecule has 0 aliphatic carbocycles. The van der Waals surface area contributed by atoms with Gasteiger partial charge in [0.25, 0.3) is 0 Å². The van der Waals surface area contributed by atoms with Gasteiger partial charge in [-0.2, -0.15) is 0 Å². The maximum atomic E-state index is 11.5. The molecule has 0 radical (unpaired) electrons. The van der Waals surface area contributed by atoms with Gasteiger partial charge in [0, 0.05) is 30.4 Å². The molecule has 1 aliphatic rings. The molecular weight excluding hydrogens is 292 g/mol. The van der Waals surface area contributed by atoms with Crippen LogP contribution in [0.5, 0.6) is 5.75 Å². The zero-order valence-corrected chi connectivity index (χ0v) is 14.3. The predicted octanol–water partition coefficient (Wildman–Crippen LogP) is 3.47. The van der Waals surface area contributed by atoms with E-state index in [9.17, 15) is 4.79 Å². The number of nitrogens with zero attached hydrogens (tertiary/aromatic N) is 2. The van der Waals surface area contributed by atoms with Crippen LogP contribution in [0, 0.1) is 6.92 Å². The van der Waals surface area contributed by atoms with Crippen LogP contribution in [0.3, 0.4) is 0 Å². The molecule has 1 aromatic carbocycles. The largest absolute Gasteiger partial charge is 0.497 e. The first-order chi connectivity index (χ1) is 11.0. The molecule has 0 N–H and O–H groups in total. The Morgan fingerprint density at radius 2 is 2.22 bits per heavy atom. The standard InChI is InChI=1S/C18H24N2O3/c1-5-23-18(21)12-14(3)19-17-7-6-10-20(17)16-9-8-15(22-4)11-13(16)2/h8-9,11-12H,5-7,10H2,1-4H3/b14-12?,19-17+. The Morgan fingerprint density at radius 3 is 2.87 bits per heavy atom. The minimum atomic E-state index is -0.348. The summed E-state index contributed by atoms with van der Waals surface area (Å²) in [4.78, 5) is 18.3. The molecule has 0 bridgehead atoms. The van der Waals surface area contributed by atoms with E-state index in [-0.39, 0.29) is 5.97 Å². The molecule has 1 fully saturated rings. The molecule has 2 rings (SSSR count). The number of carbonyl (C=O) groups excluding carboxylic acids is 1. The van der Waals surface area contributed by atoms with Crippen LogP contribution in [-0.4, -0.2) is 32.1 Å². The fraction of sp³-hybridized carbons (Fsp3) is 0.444. The van der Waals surface area contributed by atoms with Crippen molar-refractivity contribution in [2.75, 3.05) is 25.2 Å². The first-order valence-corrected chi connectivity index (χ1v) is 7.90. The highest BCUT2D eigenvalue weighted by atomic mass is 16.5. The van der Waals surface area contributed by atoms with Gasteiger partial charge in [-0.25, -0.2) is 9.79 Å². The van der Waals surface area contributed by atoms with Crippen molar-refractivity contribution < 1.29 is 14.3 Å². The molecule has 0 amide bonds. The highest BCUT2D eigenvalue weighted by Gasteiger charge is 2.21. The van der Waals surface area contributed by atoms with Gasteiger partial charge in [-0.15, -0.1) is 0 Å². The first-order valence-electron chi connectivity index (χ1n) is 7.90. The molecule has 0 atom stereocenters. The minimum Gasteiger partial charge on any atom is -0.497 e. The smallest absolute Gasteiger partial charge is 0.332 e. The van der Waals surface area contributed by atoms with E-state index < -0.39 is 0 Å². The maximum absolute atomic E-state index is 11.5. The number of benzene rings is 1. The highest BCUT2D eigenvalue weighted by Crippen LogP contribution is 2.29. The van der Waals surface area contributed by atoms with E-state index in [4.69, 9.17) is 9.47 Å². The van der Waals surface area contributed by atoms with Gasteiger partial charge >= 0.3 is 5.97 Å². The number of amidine groups is 1. The third kappa shape index (κ3) is 4.34. The van der Waals surface area contributed by atoms with Gasteiger partial charge in [0.1, 0.15) is 11.6 Å². The van der Waals surface area contributed by atoms with E-state index in [1.54, 1.807) is 14.0 Å². The van der Waals surface area contributed by atoms with E-state index in [1.807, 2.05) is 19.1 Å². The van der Waals surface area contributed by atoms with Crippen LogP contribution < -0.4 is 9.64 Å². The summed E-state index contributed by atoms with van der Waals surface area (Å²) in [5, 5.41) is 0. The minimum absolute atomic E-state index is 0.348. The van der Waals surface area contributed by atoms with Crippen molar-refractivity contribution in [1.29, 1.82) is 0 Å². The molecule has 0 unspecified atom stereocenters. The summed E-state index contributed by atoms with van der Waals surface area (Å²) in [5.74, 6) is 1.48. The number of hydrogen-bond donors (Lipinski definition) is 0. The number of carbonyl (C=O) groups is 1. The number of hydrogen-bond acceptors (Lipinski definition) is 4. The molecule has 5 heteroatoms. The van der Waals surface area contributed by atoms with Crippen LogP contribution in [-0.2, 0) is 9.53 Å². The lowest BCUT2D eigenvalue weighted by Gasteiger charge is -2.21. The van der Waals surface area contributed by atoms with Crippen molar-refractivity contribution in [2.45, 2.75) is 33.6 Å². The molecule has 23 heavy (non-hydrogen) atoms. The van der Waals surface area contributed by atoms with Gasteiger partial charge in [-0.1, -0.05) is 0 Å². The monoisotopic (exact) mass is 316 g/mol. The Labute approximate surface area is 137 Å². The Kier molecular flexibility index (Phi) is 5.79. The average molecular weight is 316 g/mol. The summed E-state index contributed by atoms with van der Waals surface area (Å²) in [6, 6.07) is 6.03. The Balaban J connectivity index is 2.23. The van der Waals surface area contributed by atoms with Crippen LogP contribution in [0.25, 0.3) is 0 Å². The summed E-state index contributed by atoms with van der Waals surface area (Å²) in [7, 11) is 1.67. The van der Waals surface area contributed by atoms with Gasteiger partial charge in [0.2, 0.25) is 0 Å². The van der Waals surface area contributed by atoms with E-state index in [2.05, 4.69) is 22.9 Å². The summed E-state index contributed by atoms with van der Waals surface area (Å²) in [5.41, 5.74) is 2.94. The normalized spacial score (nSPS) is 16.8. The number of aryl methyl sites for hydroxylation is 1. The van der Waals surface area contributed by atoms with Crippen LogP contribution in [0.1, 0.15) is 32.3 Å². The van der Waals surface area contributed by atoms with E-state index in [0.29, 0.717) is 12.3 Å². The Hall–Kier alpha value is -2.30. The lowest BCUT2D eigenvalue weighted by molar-refractivity contribution is -0.137. The van der Waals surface area contributed by atoms with Crippen molar-refractivity contribution in [3.63, 3.8) is 0 Å². The van der Waals surface area contributed by atoms with Crippen molar-refractivity contribution in [1.82, 2.24) is 0 Å². The van der Waals surface area contributed by atoms with Gasteiger partial charge in [0.15, 0.2) is 0 Å². The van der Waals surface area contributed by atoms with Gasteiger partial charge in [-0.05, 0) is 51.0 Å². The zero-order valence-electron chi connectivity index (χ0n) is 14.3. The van der Waals surface area contributed by atoms with Crippen molar-refractivity contribution in [2.24, 2.45) is 4.99 Å². The molecule has 0 spiro atoms. The Morgan fingerprint density at radius 1 is 1.43 bits per heavy atom. The third-order valence-corrected chi connectivity index (χ3v) is 3.71. The molecule has 1 aliphatic heterocycles. The molecule has 5 nitrogen and oxygen atoms in total. The molecule has 1 saturated heterocycles. The number of ether oxygens (including phenoxy) is 2. The summed E-state index contributed by atoms with van der Waals surface area (Å²) < 4.78 is 10.2. The maximum Gasteiger partial charge on any atom is 0.332 e. The highest BCUT2D eigenvalue weighted by molar-refractivity contribution is 6.01. The second kappa shape index (κ2) is 7.81. The van der Waals surface area contributed by atoms with Crippen molar-refractivity contribution >= 4 is 17.5 Å². The Bertz CT molecular complexity index is 635. The lowest BCUT2D eigenvalue weighted by Crippen LogP contribution is -2.25. The van der Waals surface area contributed by atoms with E-state index >= 15 is 0 Å². The number of methoxy groups -OCH3 is 1. The quantitative estimate of drug-likeness (QED) is 0.616. The van der Waals surface area contributed by atoms with Gasteiger partial charge in [-0.3, -0.25) is 0 Å². The van der Waals surface area contributed by atoms with Gasteiger partial charge in [0.05, 0.1) is 13.7 Å². The zero-order chi connectivity index (χ0) is 16.8. The van der Waals surface area contributed by atoms with Crippen LogP contribution in [0.15, 0.2) is 35.0 Å². The van der Waals surface area contributed by atoms with Crippen molar-refractivity contribution in [3.05, 3.63) is 35.5 Å². The van der Waals surface area contributed by atoms with Crippen LogP contribution >= 0.6 is 0 Å². The van der Waals surface area contributed by atoms with Gasteiger partial charge < -0.3 is 14.4 Å².